The van der Waals surface area contributed by atoms with Crippen LogP contribution in [-0.2, 0) is 0 Å². The molecule has 10 heteroatoms. The van der Waals surface area contributed by atoms with E-state index in [4.69, 9.17) is 9.97 Å². The van der Waals surface area contributed by atoms with Gasteiger partial charge in [-0.15, -0.1) is 0 Å². The smallest absolute Gasteiger partial charge is 0.184 e. The standard InChI is InChI=1S/C32H18N10/c33-19-25-26(20-34)38-30-29(37-25)41(21-11-3-1-4-12-21)31-32(42(30)22-13-5-2-6-14-22)40-28(24-16-8-10-18-36-24)27(39-31)23-15-7-9-17-35-23/h1-18H. The van der Waals surface area contributed by atoms with Crippen LogP contribution >= 0.6 is 0 Å². The van der Waals surface area contributed by atoms with Crippen molar-refractivity contribution in [2.24, 2.45) is 0 Å². The fourth-order valence-corrected chi connectivity index (χ4v) is 4.80. The quantitative estimate of drug-likeness (QED) is 0.246. The molecule has 0 unspecified atom stereocenters. The Kier molecular flexibility index (Phi) is 5.97. The van der Waals surface area contributed by atoms with Crippen LogP contribution in [0.4, 0.5) is 34.6 Å². The van der Waals surface area contributed by atoms with E-state index in [1.165, 1.54) is 0 Å². The van der Waals surface area contributed by atoms with Crippen LogP contribution in [0.5, 0.6) is 0 Å². The average Bonchev–Trinajstić information content (AvgIpc) is 3.07. The number of anilines is 6. The Morgan fingerprint density at radius 1 is 0.452 bits per heavy atom. The highest BCUT2D eigenvalue weighted by molar-refractivity contribution is 5.97. The number of hydrogen-bond donors (Lipinski definition) is 0. The van der Waals surface area contributed by atoms with Gasteiger partial charge in [0, 0.05) is 23.8 Å². The number of hydrogen-bond acceptors (Lipinski definition) is 10. The lowest BCUT2D eigenvalue weighted by molar-refractivity contribution is 0.976. The van der Waals surface area contributed by atoms with Gasteiger partial charge in [-0.3, -0.25) is 19.8 Å². The number of rotatable bonds is 4. The third kappa shape index (κ3) is 4.04. The first-order valence-corrected chi connectivity index (χ1v) is 12.9. The zero-order chi connectivity index (χ0) is 28.5. The van der Waals surface area contributed by atoms with Gasteiger partial charge >= 0.3 is 0 Å². The van der Waals surface area contributed by atoms with Gasteiger partial charge in [0.05, 0.1) is 11.4 Å². The first-order valence-electron chi connectivity index (χ1n) is 12.9. The molecule has 0 radical (unpaired) electrons. The van der Waals surface area contributed by atoms with Gasteiger partial charge in [0.2, 0.25) is 0 Å². The maximum absolute atomic E-state index is 9.86. The van der Waals surface area contributed by atoms with Crippen LogP contribution in [0.15, 0.2) is 109 Å². The summed E-state index contributed by atoms with van der Waals surface area (Å²) in [6.45, 7) is 0. The third-order valence-electron chi connectivity index (χ3n) is 6.62. The maximum Gasteiger partial charge on any atom is 0.184 e. The highest BCUT2D eigenvalue weighted by Crippen LogP contribution is 2.52. The minimum Gasteiger partial charge on any atom is -0.273 e. The second-order valence-electron chi connectivity index (χ2n) is 9.13. The van der Waals surface area contributed by atoms with Crippen LogP contribution in [0.25, 0.3) is 22.8 Å². The summed E-state index contributed by atoms with van der Waals surface area (Å²) < 4.78 is 0. The Bertz CT molecular complexity index is 1860. The summed E-state index contributed by atoms with van der Waals surface area (Å²) in [4.78, 5) is 32.5. The largest absolute Gasteiger partial charge is 0.273 e. The van der Waals surface area contributed by atoms with Gasteiger partial charge in [0.25, 0.3) is 0 Å². The van der Waals surface area contributed by atoms with Gasteiger partial charge < -0.3 is 0 Å². The van der Waals surface area contributed by atoms with E-state index >= 15 is 0 Å². The lowest BCUT2D eigenvalue weighted by Crippen LogP contribution is -2.29. The molecule has 0 fully saturated rings. The van der Waals surface area contributed by atoms with Crippen molar-refractivity contribution in [3.63, 3.8) is 0 Å². The lowest BCUT2D eigenvalue weighted by Gasteiger charge is -2.37. The molecular formula is C32H18N10. The molecule has 0 atom stereocenters. The predicted molar refractivity (Wildman–Crippen MR) is 156 cm³/mol. The van der Waals surface area contributed by atoms with E-state index in [1.807, 2.05) is 109 Å². The van der Waals surface area contributed by atoms with Gasteiger partial charge in [0.15, 0.2) is 34.7 Å². The molecule has 0 spiro atoms. The first-order chi connectivity index (χ1) is 20.8. The van der Waals surface area contributed by atoms with E-state index in [1.54, 1.807) is 22.2 Å². The minimum absolute atomic E-state index is 0.0864. The van der Waals surface area contributed by atoms with Crippen molar-refractivity contribution >= 4 is 34.6 Å². The van der Waals surface area contributed by atoms with Crippen LogP contribution in [0, 0.1) is 22.7 Å². The lowest BCUT2D eigenvalue weighted by atomic mass is 10.1. The number of pyridine rings is 2. The Balaban J connectivity index is 1.62. The second-order valence-corrected chi connectivity index (χ2v) is 9.13. The van der Waals surface area contributed by atoms with Crippen LogP contribution in [-0.4, -0.2) is 29.9 Å². The van der Waals surface area contributed by atoms with Gasteiger partial charge in [-0.05, 0) is 48.5 Å². The Morgan fingerprint density at radius 3 is 1.19 bits per heavy atom. The van der Waals surface area contributed by atoms with Gasteiger partial charge in [-0.2, -0.15) is 10.5 Å². The van der Waals surface area contributed by atoms with Crippen LogP contribution in [0.3, 0.4) is 0 Å². The Hall–Kier alpha value is -6.52. The van der Waals surface area contributed by atoms with Crippen molar-refractivity contribution in [1.82, 2.24) is 29.9 Å². The van der Waals surface area contributed by atoms with Gasteiger partial charge in [0.1, 0.15) is 23.5 Å². The third-order valence-corrected chi connectivity index (χ3v) is 6.62. The van der Waals surface area contributed by atoms with Crippen molar-refractivity contribution in [2.45, 2.75) is 0 Å². The fourth-order valence-electron chi connectivity index (χ4n) is 4.80. The number of aromatic nitrogens is 6. The molecule has 0 amide bonds. The van der Waals surface area contributed by atoms with E-state index < -0.39 is 0 Å². The molecule has 0 saturated carbocycles. The summed E-state index contributed by atoms with van der Waals surface area (Å²) in [6.07, 6.45) is 3.40. The number of nitriles is 2. The topological polar surface area (TPSA) is 131 Å². The molecule has 0 N–H and O–H groups in total. The number of para-hydroxylation sites is 2. The van der Waals surface area contributed by atoms with E-state index in [0.29, 0.717) is 46.0 Å². The van der Waals surface area contributed by atoms with Gasteiger partial charge in [-0.1, -0.05) is 48.5 Å². The highest BCUT2D eigenvalue weighted by Gasteiger charge is 2.38. The fraction of sp³-hybridized carbons (Fsp3) is 0. The summed E-state index contributed by atoms with van der Waals surface area (Å²) in [5.74, 6) is 1.56. The molecule has 0 bridgehead atoms. The molecule has 0 saturated heterocycles. The van der Waals surface area contributed by atoms with Crippen LogP contribution < -0.4 is 9.80 Å². The van der Waals surface area contributed by atoms with Crippen molar-refractivity contribution in [3.8, 4) is 34.9 Å². The molecule has 2 aromatic carbocycles. The zero-order valence-corrected chi connectivity index (χ0v) is 21.9. The Labute approximate surface area is 240 Å². The molecule has 10 nitrogen and oxygen atoms in total. The molecule has 1 aliphatic rings. The molecule has 0 aliphatic carbocycles. The van der Waals surface area contributed by atoms with Crippen molar-refractivity contribution in [2.75, 3.05) is 9.80 Å². The van der Waals surface area contributed by atoms with Gasteiger partial charge in [-0.25, -0.2) is 19.9 Å². The zero-order valence-electron chi connectivity index (χ0n) is 21.9. The van der Waals surface area contributed by atoms with E-state index in [-0.39, 0.29) is 11.4 Å². The van der Waals surface area contributed by atoms with Crippen molar-refractivity contribution in [3.05, 3.63) is 121 Å². The molecule has 7 rings (SSSR count). The Morgan fingerprint density at radius 2 is 0.833 bits per heavy atom. The summed E-state index contributed by atoms with van der Waals surface area (Å²) in [6, 6.07) is 34.3. The SMILES string of the molecule is N#Cc1nc2c(nc1C#N)N(c1ccccc1)c1nc(-c3ccccn3)c(-c3ccccn3)nc1N2c1ccccc1. The molecular weight excluding hydrogens is 524 g/mol. The molecule has 5 heterocycles. The molecule has 4 aromatic heterocycles. The molecule has 6 aromatic rings. The summed E-state index contributed by atoms with van der Waals surface area (Å²) in [7, 11) is 0. The van der Waals surface area contributed by atoms with E-state index in [2.05, 4.69) is 19.9 Å². The minimum atomic E-state index is -0.0864. The van der Waals surface area contributed by atoms with E-state index in [0.717, 1.165) is 11.4 Å². The monoisotopic (exact) mass is 542 g/mol. The maximum atomic E-state index is 9.86. The molecule has 42 heavy (non-hydrogen) atoms. The number of nitrogens with zero attached hydrogens (tertiary/aromatic N) is 10. The van der Waals surface area contributed by atoms with Crippen molar-refractivity contribution < 1.29 is 0 Å². The first kappa shape index (κ1) is 24.5. The predicted octanol–water partition coefficient (Wildman–Crippen LogP) is 6.39. The van der Waals surface area contributed by atoms with Crippen LogP contribution in [0.2, 0.25) is 0 Å². The molecule has 196 valence electrons. The van der Waals surface area contributed by atoms with Crippen molar-refractivity contribution in [1.29, 1.82) is 10.5 Å². The normalized spacial score (nSPS) is 11.7. The average molecular weight is 543 g/mol. The summed E-state index contributed by atoms with van der Waals surface area (Å²) in [5, 5.41) is 19.7. The summed E-state index contributed by atoms with van der Waals surface area (Å²) in [5.41, 5.74) is 3.54. The number of benzene rings is 2. The van der Waals surface area contributed by atoms with E-state index in [9.17, 15) is 10.5 Å². The highest BCUT2D eigenvalue weighted by atomic mass is 15.4. The second kappa shape index (κ2) is 10.2. The number of fused-ring (bicyclic) bond motifs is 2. The van der Waals surface area contributed by atoms with Crippen LogP contribution in [0.1, 0.15) is 11.4 Å². The molecule has 1 aliphatic heterocycles. The summed E-state index contributed by atoms with van der Waals surface area (Å²) >= 11 is 0.